The van der Waals surface area contributed by atoms with Gasteiger partial charge in [-0.15, -0.1) is 12.6 Å². The van der Waals surface area contributed by atoms with Crippen LogP contribution in [0.15, 0.2) is 66.9 Å². The largest absolute Gasteiger partial charge is 0.433 e. The average Bonchev–Trinajstić information content (AvgIpc) is 2.51. The molecule has 0 atom stereocenters. The first-order valence-corrected chi connectivity index (χ1v) is 7.20. The molecule has 1 heterocycles. The first-order chi connectivity index (χ1) is 9.88. The van der Waals surface area contributed by atoms with E-state index in [1.807, 2.05) is 18.2 Å². The van der Waals surface area contributed by atoms with E-state index in [9.17, 15) is 0 Å². The molecule has 3 heteroatoms. The summed E-state index contributed by atoms with van der Waals surface area (Å²) in [5, 5.41) is 2.29. The van der Waals surface area contributed by atoms with Crippen molar-refractivity contribution < 1.29 is 9.30 Å². The van der Waals surface area contributed by atoms with E-state index >= 15 is 0 Å². The lowest BCUT2D eigenvalue weighted by Crippen LogP contribution is -2.36. The molecule has 0 unspecified atom stereocenters. The van der Waals surface area contributed by atoms with Crippen molar-refractivity contribution in [2.24, 2.45) is 0 Å². The summed E-state index contributed by atoms with van der Waals surface area (Å²) < 4.78 is 7.87. The van der Waals surface area contributed by atoms with Gasteiger partial charge in [0.15, 0.2) is 12.7 Å². The first kappa shape index (κ1) is 13.0. The second kappa shape index (κ2) is 5.97. The molecule has 0 aliphatic carbocycles. The van der Waals surface area contributed by atoms with Crippen LogP contribution in [0.4, 0.5) is 0 Å². The lowest BCUT2D eigenvalue weighted by molar-refractivity contribution is -0.691. The van der Waals surface area contributed by atoms with Crippen LogP contribution in [-0.4, -0.2) is 5.94 Å². The maximum Gasteiger partial charge on any atom is 0.377 e. The van der Waals surface area contributed by atoms with Gasteiger partial charge in [0.1, 0.15) is 5.94 Å². The molecule has 0 aliphatic rings. The fourth-order valence-corrected chi connectivity index (χ4v) is 2.48. The van der Waals surface area contributed by atoms with E-state index in [2.05, 4.69) is 65.9 Å². The average molecular weight is 282 g/mol. The molecular weight excluding hydrogens is 266 g/mol. The molecule has 0 amide bonds. The van der Waals surface area contributed by atoms with Crippen molar-refractivity contribution in [3.8, 4) is 5.88 Å². The molecule has 0 radical (unpaired) electrons. The molecule has 0 saturated carbocycles. The Balaban J connectivity index is 2.08. The van der Waals surface area contributed by atoms with E-state index in [0.29, 0.717) is 5.94 Å². The monoisotopic (exact) mass is 282 g/mol. The van der Waals surface area contributed by atoms with E-state index in [-0.39, 0.29) is 0 Å². The summed E-state index contributed by atoms with van der Waals surface area (Å²) in [5.41, 5.74) is 1.25. The number of aromatic nitrogens is 1. The van der Waals surface area contributed by atoms with Crippen molar-refractivity contribution in [3.05, 3.63) is 72.4 Å². The molecule has 0 spiro atoms. The second-order valence-electron chi connectivity index (χ2n) is 4.60. The van der Waals surface area contributed by atoms with Gasteiger partial charge in [-0.1, -0.05) is 48.5 Å². The fourth-order valence-electron chi connectivity index (χ4n) is 2.36. The number of fused-ring (bicyclic) bond motifs is 1. The lowest BCUT2D eigenvalue weighted by atomic mass is 10.1. The Morgan fingerprint density at radius 1 is 0.900 bits per heavy atom. The predicted octanol–water partition coefficient (Wildman–Crippen LogP) is 3.44. The maximum atomic E-state index is 5.75. The summed E-state index contributed by atoms with van der Waals surface area (Å²) >= 11 is 4.20. The van der Waals surface area contributed by atoms with Gasteiger partial charge in [-0.2, -0.15) is 4.57 Å². The van der Waals surface area contributed by atoms with Crippen LogP contribution in [0.1, 0.15) is 5.56 Å². The summed E-state index contributed by atoms with van der Waals surface area (Å²) in [6, 6.07) is 20.7. The zero-order valence-electron chi connectivity index (χ0n) is 11.1. The zero-order valence-corrected chi connectivity index (χ0v) is 12.0. The number of pyridine rings is 1. The summed E-state index contributed by atoms with van der Waals surface area (Å²) in [5.74, 6) is 1.23. The van der Waals surface area contributed by atoms with Gasteiger partial charge in [0, 0.05) is 11.6 Å². The Labute approximate surface area is 124 Å². The minimum atomic E-state index is 0.364. The number of hydrogen-bond donors (Lipinski definition) is 1. The summed E-state index contributed by atoms with van der Waals surface area (Å²) in [4.78, 5) is 0. The minimum Gasteiger partial charge on any atom is -0.433 e. The highest BCUT2D eigenvalue weighted by atomic mass is 32.1. The van der Waals surface area contributed by atoms with Gasteiger partial charge in [0.05, 0.1) is 5.39 Å². The topological polar surface area (TPSA) is 13.1 Å². The Morgan fingerprint density at radius 3 is 2.45 bits per heavy atom. The zero-order chi connectivity index (χ0) is 13.8. The molecule has 3 aromatic rings. The number of thiol groups is 1. The summed E-state index contributed by atoms with van der Waals surface area (Å²) in [6.45, 7) is 0.786. The molecule has 100 valence electrons. The normalized spacial score (nSPS) is 10.7. The van der Waals surface area contributed by atoms with Crippen molar-refractivity contribution in [2.75, 3.05) is 5.94 Å². The Morgan fingerprint density at radius 2 is 1.65 bits per heavy atom. The number of ether oxygens (including phenoxy) is 1. The van der Waals surface area contributed by atoms with Gasteiger partial charge in [-0.3, -0.25) is 0 Å². The quantitative estimate of drug-likeness (QED) is 0.439. The van der Waals surface area contributed by atoms with Gasteiger partial charge < -0.3 is 4.74 Å². The number of benzene rings is 2. The fraction of sp³-hybridized carbons (Fsp3) is 0.118. The highest BCUT2D eigenvalue weighted by Gasteiger charge is 2.16. The minimum absolute atomic E-state index is 0.364. The van der Waals surface area contributed by atoms with E-state index < -0.39 is 0 Å². The number of nitrogens with zero attached hydrogens (tertiary/aromatic N) is 1. The third kappa shape index (κ3) is 2.63. The van der Waals surface area contributed by atoms with Gasteiger partial charge in [0.25, 0.3) is 0 Å². The first-order valence-electron chi connectivity index (χ1n) is 6.57. The van der Waals surface area contributed by atoms with Gasteiger partial charge in [-0.25, -0.2) is 0 Å². The molecule has 0 saturated heterocycles. The van der Waals surface area contributed by atoms with E-state index in [1.165, 1.54) is 10.9 Å². The van der Waals surface area contributed by atoms with Gasteiger partial charge in [0.2, 0.25) is 0 Å². The molecule has 0 N–H and O–H groups in total. The van der Waals surface area contributed by atoms with Gasteiger partial charge >= 0.3 is 5.88 Å². The van der Waals surface area contributed by atoms with Crippen LogP contribution < -0.4 is 9.30 Å². The van der Waals surface area contributed by atoms with E-state index in [1.54, 1.807) is 0 Å². The summed E-state index contributed by atoms with van der Waals surface area (Å²) in [6.07, 6.45) is 2.06. The highest BCUT2D eigenvalue weighted by molar-refractivity contribution is 7.80. The molecule has 0 aliphatic heterocycles. The van der Waals surface area contributed by atoms with Crippen LogP contribution in [0, 0.1) is 0 Å². The van der Waals surface area contributed by atoms with Crippen LogP contribution in [0.2, 0.25) is 0 Å². The van der Waals surface area contributed by atoms with E-state index in [4.69, 9.17) is 4.74 Å². The molecule has 0 fully saturated rings. The molecule has 3 rings (SSSR count). The van der Waals surface area contributed by atoms with Crippen molar-refractivity contribution in [3.63, 3.8) is 0 Å². The Hall–Kier alpha value is -2.00. The third-order valence-electron chi connectivity index (χ3n) is 3.28. The molecule has 2 nitrogen and oxygen atoms in total. The molecule has 0 bridgehead atoms. The maximum absolute atomic E-state index is 5.75. The van der Waals surface area contributed by atoms with Gasteiger partial charge in [-0.05, 0) is 11.5 Å². The standard InChI is InChI=1S/C17H15NOS/c20-13-19-17-16-9-5-4-8-15(16)10-11-18(17)12-14-6-2-1-3-7-14/h1-11H,12-13H2/p+1. The van der Waals surface area contributed by atoms with Crippen LogP contribution in [-0.2, 0) is 6.54 Å². The van der Waals surface area contributed by atoms with Crippen LogP contribution in [0.3, 0.4) is 0 Å². The van der Waals surface area contributed by atoms with Crippen LogP contribution >= 0.6 is 12.6 Å². The van der Waals surface area contributed by atoms with Crippen LogP contribution in [0.25, 0.3) is 10.8 Å². The Bertz CT molecular complexity index is 713. The molecule has 20 heavy (non-hydrogen) atoms. The second-order valence-corrected chi connectivity index (χ2v) is 4.85. The smallest absolute Gasteiger partial charge is 0.377 e. The SMILES string of the molecule is SCOc1c2ccccc2cc[n+]1Cc1ccccc1. The predicted molar refractivity (Wildman–Crippen MR) is 84.2 cm³/mol. The Kier molecular flexibility index (Phi) is 3.88. The number of hydrogen-bond acceptors (Lipinski definition) is 2. The number of rotatable bonds is 4. The lowest BCUT2D eigenvalue weighted by Gasteiger charge is -2.07. The third-order valence-corrected chi connectivity index (χ3v) is 3.41. The molecule has 1 aromatic heterocycles. The van der Waals surface area contributed by atoms with Crippen LogP contribution in [0.5, 0.6) is 5.88 Å². The molecular formula is C17H16NOS+. The van der Waals surface area contributed by atoms with Crippen molar-refractivity contribution in [1.29, 1.82) is 0 Å². The van der Waals surface area contributed by atoms with Crippen molar-refractivity contribution >= 4 is 23.4 Å². The highest BCUT2D eigenvalue weighted by Crippen LogP contribution is 2.22. The van der Waals surface area contributed by atoms with Crippen molar-refractivity contribution in [2.45, 2.75) is 6.54 Å². The van der Waals surface area contributed by atoms with Crippen molar-refractivity contribution in [1.82, 2.24) is 0 Å². The van der Waals surface area contributed by atoms with E-state index in [0.717, 1.165) is 17.8 Å². The molecule has 2 aromatic carbocycles. The summed E-state index contributed by atoms with van der Waals surface area (Å²) in [7, 11) is 0.